The molecule has 0 fully saturated rings. The smallest absolute Gasteiger partial charge is 0.349 e. The number of benzene rings is 1. The molecule has 0 radical (unpaired) electrons. The fraction of sp³-hybridized carbons (Fsp3) is 0.286. The Balaban J connectivity index is 2.02. The molecule has 0 saturated heterocycles. The first kappa shape index (κ1) is 21.5. The molecular weight excluding hydrogens is 422 g/mol. The lowest BCUT2D eigenvalue weighted by atomic mass is 10.1. The molecule has 0 saturated carbocycles. The number of aromatic nitrogens is 1. The highest BCUT2D eigenvalue weighted by Crippen LogP contribution is 2.19. The van der Waals surface area contributed by atoms with Crippen LogP contribution in [0.2, 0.25) is 0 Å². The summed E-state index contributed by atoms with van der Waals surface area (Å²) in [6.45, 7) is 6.42. The van der Waals surface area contributed by atoms with Crippen LogP contribution in [0, 0.1) is 25.2 Å². The lowest BCUT2D eigenvalue weighted by Crippen LogP contribution is -2.21. The van der Waals surface area contributed by atoms with Crippen LogP contribution >= 0.6 is 15.9 Å². The number of carbonyl (C=O) groups is 2. The van der Waals surface area contributed by atoms with Gasteiger partial charge in [-0.3, -0.25) is 4.79 Å². The molecular formula is C21H22BrN3O3. The molecule has 1 aromatic heterocycles. The number of ether oxygens (including phenoxy) is 1. The van der Waals surface area contributed by atoms with Crippen molar-refractivity contribution >= 4 is 39.6 Å². The Morgan fingerprint density at radius 2 is 1.96 bits per heavy atom. The van der Waals surface area contributed by atoms with Crippen LogP contribution in [0.15, 0.2) is 40.4 Å². The van der Waals surface area contributed by atoms with Crippen LogP contribution in [0.4, 0.5) is 5.69 Å². The van der Waals surface area contributed by atoms with Crippen molar-refractivity contribution in [1.29, 1.82) is 5.26 Å². The normalized spacial score (nSPS) is 11.0. The Labute approximate surface area is 172 Å². The maximum Gasteiger partial charge on any atom is 0.349 e. The standard InChI is InChI=1S/C21H22BrN3O3/c1-4-9-25-14(2)10-16(15(25)3)11-17(12-23)21(27)28-13-20(26)24-19-7-5-18(22)6-8-19/h5-8,10-11H,4,9,13H2,1-3H3,(H,24,26)/b17-11+. The van der Waals surface area contributed by atoms with Crippen LogP contribution in [-0.2, 0) is 20.9 Å². The predicted molar refractivity (Wildman–Crippen MR) is 112 cm³/mol. The van der Waals surface area contributed by atoms with E-state index < -0.39 is 18.5 Å². The highest BCUT2D eigenvalue weighted by molar-refractivity contribution is 9.10. The van der Waals surface area contributed by atoms with Gasteiger partial charge in [-0.25, -0.2) is 4.79 Å². The summed E-state index contributed by atoms with van der Waals surface area (Å²) < 4.78 is 8.02. The van der Waals surface area contributed by atoms with Crippen molar-refractivity contribution in [2.45, 2.75) is 33.7 Å². The van der Waals surface area contributed by atoms with Crippen LogP contribution in [0.1, 0.15) is 30.3 Å². The minimum atomic E-state index is -0.825. The number of hydrogen-bond donors (Lipinski definition) is 1. The Morgan fingerprint density at radius 3 is 2.57 bits per heavy atom. The van der Waals surface area contributed by atoms with Gasteiger partial charge in [0.05, 0.1) is 0 Å². The number of amides is 1. The van der Waals surface area contributed by atoms with Gasteiger partial charge in [0.15, 0.2) is 6.61 Å². The number of nitriles is 1. The van der Waals surface area contributed by atoms with E-state index in [9.17, 15) is 14.9 Å². The number of nitrogens with zero attached hydrogens (tertiary/aromatic N) is 2. The third-order valence-electron chi connectivity index (χ3n) is 4.16. The quantitative estimate of drug-likeness (QED) is 0.391. The zero-order valence-electron chi connectivity index (χ0n) is 16.1. The number of anilines is 1. The van der Waals surface area contributed by atoms with Gasteiger partial charge in [-0.2, -0.15) is 5.26 Å². The van der Waals surface area contributed by atoms with E-state index in [1.165, 1.54) is 6.08 Å². The van der Waals surface area contributed by atoms with Crippen LogP contribution < -0.4 is 5.32 Å². The Morgan fingerprint density at radius 1 is 1.29 bits per heavy atom. The van der Waals surface area contributed by atoms with Gasteiger partial charge in [0.1, 0.15) is 11.6 Å². The van der Waals surface area contributed by atoms with Gasteiger partial charge < -0.3 is 14.6 Å². The number of halogens is 1. The van der Waals surface area contributed by atoms with Gasteiger partial charge in [0.2, 0.25) is 0 Å². The highest BCUT2D eigenvalue weighted by atomic mass is 79.9. The lowest BCUT2D eigenvalue weighted by Gasteiger charge is -2.07. The molecule has 7 heteroatoms. The molecule has 0 spiro atoms. The summed E-state index contributed by atoms with van der Waals surface area (Å²) in [6.07, 6.45) is 2.49. The number of aryl methyl sites for hydroxylation is 1. The van der Waals surface area contributed by atoms with Crippen LogP contribution in [0.3, 0.4) is 0 Å². The molecule has 146 valence electrons. The van der Waals surface area contributed by atoms with E-state index in [1.54, 1.807) is 24.3 Å². The molecule has 2 rings (SSSR count). The molecule has 0 aliphatic heterocycles. The molecule has 1 heterocycles. The van der Waals surface area contributed by atoms with Crippen molar-refractivity contribution in [3.63, 3.8) is 0 Å². The summed E-state index contributed by atoms with van der Waals surface area (Å²) in [5, 5.41) is 11.9. The number of hydrogen-bond acceptors (Lipinski definition) is 4. The fourth-order valence-electron chi connectivity index (χ4n) is 2.77. The fourth-order valence-corrected chi connectivity index (χ4v) is 3.04. The van der Waals surface area contributed by atoms with Crippen LogP contribution in [0.25, 0.3) is 6.08 Å². The van der Waals surface area contributed by atoms with Crippen molar-refractivity contribution in [3.8, 4) is 6.07 Å². The van der Waals surface area contributed by atoms with Crippen molar-refractivity contribution in [2.24, 2.45) is 0 Å². The SMILES string of the molecule is CCCn1c(C)cc(/C=C(\C#N)C(=O)OCC(=O)Nc2ccc(Br)cc2)c1C. The maximum absolute atomic E-state index is 12.2. The van der Waals surface area contributed by atoms with Crippen molar-refractivity contribution in [3.05, 3.63) is 57.3 Å². The average molecular weight is 444 g/mol. The van der Waals surface area contributed by atoms with Crippen molar-refractivity contribution in [2.75, 3.05) is 11.9 Å². The number of rotatable bonds is 7. The largest absolute Gasteiger partial charge is 0.451 e. The van der Waals surface area contributed by atoms with Crippen molar-refractivity contribution < 1.29 is 14.3 Å². The minimum absolute atomic E-state index is 0.145. The molecule has 6 nitrogen and oxygen atoms in total. The molecule has 28 heavy (non-hydrogen) atoms. The molecule has 1 amide bonds. The third kappa shape index (κ3) is 5.57. The molecule has 2 aromatic rings. The van der Waals surface area contributed by atoms with Gasteiger partial charge in [-0.15, -0.1) is 0 Å². The predicted octanol–water partition coefficient (Wildman–Crippen LogP) is 4.37. The topological polar surface area (TPSA) is 84.1 Å². The first-order valence-electron chi connectivity index (χ1n) is 8.86. The lowest BCUT2D eigenvalue weighted by molar-refractivity contribution is -0.142. The summed E-state index contributed by atoms with van der Waals surface area (Å²) in [7, 11) is 0. The van der Waals surface area contributed by atoms with Gasteiger partial charge in [-0.05, 0) is 62.2 Å². The summed E-state index contributed by atoms with van der Waals surface area (Å²) >= 11 is 3.31. The zero-order valence-corrected chi connectivity index (χ0v) is 17.7. The second kappa shape index (κ2) is 9.90. The van der Waals surface area contributed by atoms with Gasteiger partial charge in [0.25, 0.3) is 5.91 Å². The Hall–Kier alpha value is -2.85. The summed E-state index contributed by atoms with van der Waals surface area (Å²) in [6, 6.07) is 10.8. The molecule has 0 unspecified atom stereocenters. The van der Waals surface area contributed by atoms with E-state index in [0.717, 1.165) is 34.4 Å². The number of esters is 1. The minimum Gasteiger partial charge on any atom is -0.451 e. The van der Waals surface area contributed by atoms with Crippen LogP contribution in [-0.4, -0.2) is 23.1 Å². The van der Waals surface area contributed by atoms with E-state index in [-0.39, 0.29) is 5.57 Å². The number of nitrogens with one attached hydrogen (secondary N) is 1. The van der Waals surface area contributed by atoms with E-state index in [0.29, 0.717) is 5.69 Å². The van der Waals surface area contributed by atoms with E-state index >= 15 is 0 Å². The molecule has 1 aromatic carbocycles. The zero-order chi connectivity index (χ0) is 20.7. The molecule has 1 N–H and O–H groups in total. The molecule has 0 aliphatic carbocycles. The van der Waals surface area contributed by atoms with E-state index in [2.05, 4.69) is 32.7 Å². The Kier molecular flexibility index (Phi) is 7.59. The van der Waals surface area contributed by atoms with Gasteiger partial charge in [-0.1, -0.05) is 22.9 Å². The molecule has 0 bridgehead atoms. The van der Waals surface area contributed by atoms with Crippen molar-refractivity contribution in [1.82, 2.24) is 4.57 Å². The highest BCUT2D eigenvalue weighted by Gasteiger charge is 2.15. The van der Waals surface area contributed by atoms with E-state index in [4.69, 9.17) is 4.74 Å². The monoisotopic (exact) mass is 443 g/mol. The third-order valence-corrected chi connectivity index (χ3v) is 4.69. The van der Waals surface area contributed by atoms with Gasteiger partial charge >= 0.3 is 5.97 Å². The van der Waals surface area contributed by atoms with Gasteiger partial charge in [0, 0.05) is 28.1 Å². The van der Waals surface area contributed by atoms with E-state index in [1.807, 2.05) is 26.0 Å². The first-order chi connectivity index (χ1) is 13.3. The second-order valence-corrected chi connectivity index (χ2v) is 7.19. The summed E-state index contributed by atoms with van der Waals surface area (Å²) in [4.78, 5) is 24.1. The second-order valence-electron chi connectivity index (χ2n) is 6.28. The Bertz CT molecular complexity index is 937. The summed E-state index contributed by atoms with van der Waals surface area (Å²) in [5.74, 6) is -1.30. The number of carbonyl (C=O) groups excluding carboxylic acids is 2. The molecule has 0 aliphatic rings. The first-order valence-corrected chi connectivity index (χ1v) is 9.66. The average Bonchev–Trinajstić information content (AvgIpc) is 2.93. The molecule has 0 atom stereocenters. The van der Waals surface area contributed by atoms with Crippen LogP contribution in [0.5, 0.6) is 0 Å². The maximum atomic E-state index is 12.2. The summed E-state index contributed by atoms with van der Waals surface area (Å²) in [5.41, 5.74) is 3.27.